The Morgan fingerprint density at radius 2 is 2.36 bits per heavy atom. The van der Waals surface area contributed by atoms with E-state index < -0.39 is 0 Å². The van der Waals surface area contributed by atoms with Gasteiger partial charge in [0.05, 0.1) is 0 Å². The van der Waals surface area contributed by atoms with Crippen molar-refractivity contribution in [1.29, 1.82) is 0 Å². The highest BCUT2D eigenvalue weighted by molar-refractivity contribution is 6.07. The van der Waals surface area contributed by atoms with Crippen molar-refractivity contribution in [2.75, 3.05) is 11.4 Å². The van der Waals surface area contributed by atoms with Gasteiger partial charge in [-0.15, -0.1) is 0 Å². The molecule has 1 aliphatic heterocycles. The number of nitrogens with one attached hydrogen (secondary N) is 1. The van der Waals surface area contributed by atoms with Gasteiger partial charge in [0, 0.05) is 30.7 Å². The van der Waals surface area contributed by atoms with E-state index in [0.717, 1.165) is 12.4 Å². The fourth-order valence-electron chi connectivity index (χ4n) is 2.39. The molecule has 1 unspecified atom stereocenters. The predicted molar refractivity (Wildman–Crippen MR) is 88.4 cm³/mol. The number of aliphatic imine (C=N–C) groups is 1. The zero-order chi connectivity index (χ0) is 15.5. The van der Waals surface area contributed by atoms with Crippen LogP contribution in [0.2, 0.25) is 0 Å². The molecule has 0 bridgehead atoms. The normalized spacial score (nSPS) is 19.2. The van der Waals surface area contributed by atoms with Crippen LogP contribution in [-0.2, 0) is 0 Å². The van der Waals surface area contributed by atoms with Crippen LogP contribution in [0.5, 0.6) is 0 Å². The number of hydrogen-bond donors (Lipinski definition) is 2. The van der Waals surface area contributed by atoms with Gasteiger partial charge in [-0.1, -0.05) is 6.07 Å². The minimum Gasteiger partial charge on any atom is -0.402 e. The molecule has 114 valence electrons. The lowest BCUT2D eigenvalue weighted by molar-refractivity contribution is 0.476. The van der Waals surface area contributed by atoms with Gasteiger partial charge >= 0.3 is 0 Å². The van der Waals surface area contributed by atoms with E-state index in [1.807, 2.05) is 25.1 Å². The molecule has 1 atom stereocenters. The number of nitrogens with two attached hydrogens (primary N) is 1. The summed E-state index contributed by atoms with van der Waals surface area (Å²) < 4.78 is 0. The van der Waals surface area contributed by atoms with Crippen LogP contribution in [0.3, 0.4) is 0 Å². The molecule has 6 heteroatoms. The van der Waals surface area contributed by atoms with E-state index in [-0.39, 0.29) is 0 Å². The van der Waals surface area contributed by atoms with Crippen molar-refractivity contribution in [2.45, 2.75) is 26.3 Å². The van der Waals surface area contributed by atoms with Gasteiger partial charge in [0.25, 0.3) is 0 Å². The van der Waals surface area contributed by atoms with Gasteiger partial charge in [-0.3, -0.25) is 0 Å². The van der Waals surface area contributed by atoms with Crippen LogP contribution in [0.1, 0.15) is 26.1 Å². The Morgan fingerprint density at radius 1 is 1.50 bits per heavy atom. The third-order valence-electron chi connectivity index (χ3n) is 3.67. The van der Waals surface area contributed by atoms with Crippen molar-refractivity contribution in [3.8, 4) is 0 Å². The van der Waals surface area contributed by atoms with Crippen LogP contribution < -0.4 is 10.6 Å². The molecule has 0 amide bonds. The number of H-pyrrole nitrogens is 1. The molecular weight excluding hydrogens is 276 g/mol. The lowest BCUT2D eigenvalue weighted by atomic mass is 10.1. The first-order valence-corrected chi connectivity index (χ1v) is 7.39. The fraction of sp³-hybridized carbons (Fsp3) is 0.312. The monoisotopic (exact) mass is 296 g/mol. The molecule has 3 heterocycles. The molecule has 2 aromatic rings. The second-order valence-corrected chi connectivity index (χ2v) is 5.51. The van der Waals surface area contributed by atoms with Crippen LogP contribution in [0, 0.1) is 0 Å². The Labute approximate surface area is 129 Å². The molecule has 3 rings (SSSR count). The first-order valence-electron chi connectivity index (χ1n) is 7.39. The molecule has 3 N–H and O–H groups in total. The minimum absolute atomic E-state index is 0.544. The van der Waals surface area contributed by atoms with Crippen molar-refractivity contribution < 1.29 is 0 Å². The maximum Gasteiger partial charge on any atom is 0.156 e. The zero-order valence-electron chi connectivity index (χ0n) is 12.8. The average molecular weight is 296 g/mol. The Bertz CT molecular complexity index is 697. The first-order chi connectivity index (χ1) is 10.6. The standard InChI is InChI=1S/C16H20N6/c1-11(17)10-13(16-18-7-8-19-16)20-14-4-3-5-15(21-14)22-9-6-12(22)2/h3-5,7-8,10,12H,6,9,17H2,1-2H3,(H,18,19)/b11-10-,20-13?. The third-order valence-corrected chi connectivity index (χ3v) is 3.67. The quantitative estimate of drug-likeness (QED) is 0.849. The summed E-state index contributed by atoms with van der Waals surface area (Å²) in [7, 11) is 0. The number of aromatic amines is 1. The van der Waals surface area contributed by atoms with Crippen LogP contribution in [0.25, 0.3) is 0 Å². The SMILES string of the molecule is C/C(N)=C/C(=Nc1cccc(N2CCC2C)n1)c1ncc[nH]1. The highest BCUT2D eigenvalue weighted by Crippen LogP contribution is 2.26. The molecule has 22 heavy (non-hydrogen) atoms. The predicted octanol–water partition coefficient (Wildman–Crippen LogP) is 2.39. The second kappa shape index (κ2) is 6.01. The highest BCUT2D eigenvalue weighted by Gasteiger charge is 2.24. The molecule has 1 fully saturated rings. The molecule has 6 nitrogen and oxygen atoms in total. The Balaban J connectivity index is 1.94. The summed E-state index contributed by atoms with van der Waals surface area (Å²) >= 11 is 0. The number of allylic oxidation sites excluding steroid dienone is 2. The van der Waals surface area contributed by atoms with Crippen LogP contribution >= 0.6 is 0 Å². The van der Waals surface area contributed by atoms with E-state index >= 15 is 0 Å². The molecule has 1 aliphatic rings. The van der Waals surface area contributed by atoms with Crippen molar-refractivity contribution in [3.05, 3.63) is 48.2 Å². The smallest absolute Gasteiger partial charge is 0.156 e. The summed E-state index contributed by atoms with van der Waals surface area (Å²) in [5, 5.41) is 0. The van der Waals surface area contributed by atoms with Gasteiger partial charge in [0.2, 0.25) is 0 Å². The van der Waals surface area contributed by atoms with Crippen molar-refractivity contribution in [2.24, 2.45) is 10.7 Å². The molecule has 1 saturated heterocycles. The van der Waals surface area contributed by atoms with Gasteiger partial charge in [-0.05, 0) is 38.5 Å². The van der Waals surface area contributed by atoms with E-state index in [1.165, 1.54) is 6.42 Å². The van der Waals surface area contributed by atoms with Crippen LogP contribution in [0.4, 0.5) is 11.6 Å². The lowest BCUT2D eigenvalue weighted by Crippen LogP contribution is -2.46. The zero-order valence-corrected chi connectivity index (χ0v) is 12.8. The third kappa shape index (κ3) is 3.00. The van der Waals surface area contributed by atoms with Crippen molar-refractivity contribution in [3.63, 3.8) is 0 Å². The number of rotatable bonds is 4. The number of hydrogen-bond acceptors (Lipinski definition) is 5. The van der Waals surface area contributed by atoms with Gasteiger partial charge in [0.1, 0.15) is 11.5 Å². The average Bonchev–Trinajstić information content (AvgIpc) is 2.99. The van der Waals surface area contributed by atoms with E-state index in [1.54, 1.807) is 18.5 Å². The summed E-state index contributed by atoms with van der Waals surface area (Å²) in [5.41, 5.74) is 7.13. The number of pyridine rings is 1. The van der Waals surface area contributed by atoms with Gasteiger partial charge in [-0.2, -0.15) is 0 Å². The minimum atomic E-state index is 0.544. The van der Waals surface area contributed by atoms with Gasteiger partial charge in [-0.25, -0.2) is 15.0 Å². The van der Waals surface area contributed by atoms with E-state index in [2.05, 4.69) is 31.8 Å². The second-order valence-electron chi connectivity index (χ2n) is 5.51. The number of aromatic nitrogens is 3. The van der Waals surface area contributed by atoms with Crippen molar-refractivity contribution >= 4 is 17.3 Å². The van der Waals surface area contributed by atoms with Gasteiger partial charge < -0.3 is 15.6 Å². The summed E-state index contributed by atoms with van der Waals surface area (Å²) in [5.74, 6) is 2.29. The molecule has 0 aliphatic carbocycles. The van der Waals surface area contributed by atoms with Crippen molar-refractivity contribution in [1.82, 2.24) is 15.0 Å². The number of anilines is 1. The largest absolute Gasteiger partial charge is 0.402 e. The first kappa shape index (κ1) is 14.3. The van der Waals surface area contributed by atoms with E-state index in [4.69, 9.17) is 5.73 Å². The Hall–Kier alpha value is -2.63. The topological polar surface area (TPSA) is 83.2 Å². The van der Waals surface area contributed by atoms with E-state index in [9.17, 15) is 0 Å². The Kier molecular flexibility index (Phi) is 3.91. The summed E-state index contributed by atoms with van der Waals surface area (Å²) in [4.78, 5) is 18.8. The van der Waals surface area contributed by atoms with Crippen LogP contribution in [-0.4, -0.2) is 33.3 Å². The molecular formula is C16H20N6. The summed E-state index contributed by atoms with van der Waals surface area (Å²) in [6.07, 6.45) is 6.45. The maximum absolute atomic E-state index is 5.79. The number of nitrogens with zero attached hydrogens (tertiary/aromatic N) is 4. The highest BCUT2D eigenvalue weighted by atomic mass is 15.3. The van der Waals surface area contributed by atoms with E-state index in [0.29, 0.717) is 29.1 Å². The van der Waals surface area contributed by atoms with Gasteiger partial charge in [0.15, 0.2) is 11.6 Å². The molecule has 0 aromatic carbocycles. The lowest BCUT2D eigenvalue weighted by Gasteiger charge is -2.39. The molecule has 0 radical (unpaired) electrons. The maximum atomic E-state index is 5.79. The summed E-state index contributed by atoms with van der Waals surface area (Å²) in [6, 6.07) is 6.43. The summed E-state index contributed by atoms with van der Waals surface area (Å²) in [6.45, 7) is 5.08. The molecule has 0 spiro atoms. The van der Waals surface area contributed by atoms with Crippen LogP contribution in [0.15, 0.2) is 47.4 Å². The molecule has 2 aromatic heterocycles. The number of imidazole rings is 1. The fourth-order valence-corrected chi connectivity index (χ4v) is 2.39. The Morgan fingerprint density at radius 3 is 2.95 bits per heavy atom. The molecule has 0 saturated carbocycles.